The van der Waals surface area contributed by atoms with Crippen LogP contribution in [0.2, 0.25) is 5.02 Å². The highest BCUT2D eigenvalue weighted by Crippen LogP contribution is 2.28. The summed E-state index contributed by atoms with van der Waals surface area (Å²) < 4.78 is 0. The van der Waals surface area contributed by atoms with E-state index in [4.69, 9.17) is 23.2 Å². The first-order chi connectivity index (χ1) is 7.24. The van der Waals surface area contributed by atoms with Gasteiger partial charge in [0.05, 0.1) is 0 Å². The Hall–Kier alpha value is -0.970. The van der Waals surface area contributed by atoms with Crippen LogP contribution >= 0.6 is 23.2 Å². The Morgan fingerprint density at radius 1 is 1.53 bits per heavy atom. The third-order valence-electron chi connectivity index (χ3n) is 2.37. The molecule has 0 unspecified atom stereocenters. The lowest BCUT2D eigenvalue weighted by Crippen LogP contribution is -2.98. The number of halogens is 2. The highest BCUT2D eigenvalue weighted by molar-refractivity contribution is 6.31. The van der Waals surface area contributed by atoms with Crippen molar-refractivity contribution in [2.24, 2.45) is 5.10 Å². The molecule has 0 radical (unpaired) electrons. The number of nitrogens with two attached hydrogens (primary N) is 1. The lowest BCUT2D eigenvalue weighted by atomic mass is 10.1. The van der Waals surface area contributed by atoms with Gasteiger partial charge >= 0.3 is 0 Å². The number of rotatable bonds is 2. The number of hydrogen-bond donors (Lipinski definition) is 2. The number of nitrogens with zero attached hydrogens (tertiary/aromatic N) is 2. The van der Waals surface area contributed by atoms with Crippen molar-refractivity contribution < 1.29 is 5.53 Å². The normalized spacial score (nSPS) is 14.5. The molecule has 0 saturated carbocycles. The van der Waals surface area contributed by atoms with Crippen LogP contribution in [0.15, 0.2) is 17.2 Å². The Morgan fingerprint density at radius 3 is 2.93 bits per heavy atom. The van der Waals surface area contributed by atoms with Crippen LogP contribution in [-0.2, 0) is 5.88 Å². The summed E-state index contributed by atoms with van der Waals surface area (Å²) in [7, 11) is 0. The van der Waals surface area contributed by atoms with Crippen molar-refractivity contribution in [2.75, 3.05) is 5.01 Å². The summed E-state index contributed by atoms with van der Waals surface area (Å²) in [4.78, 5) is 0. The van der Waals surface area contributed by atoms with Gasteiger partial charge in [-0.2, -0.15) is 5.01 Å². The molecule has 0 aliphatic carbocycles. The van der Waals surface area contributed by atoms with Gasteiger partial charge < -0.3 is 0 Å². The first-order valence-electron chi connectivity index (χ1n) is 4.48. The molecule has 1 heterocycles. The molecule has 1 aromatic carbocycles. The van der Waals surface area contributed by atoms with Crippen LogP contribution in [0.5, 0.6) is 0 Å². The maximum atomic E-state index is 6.03. The minimum atomic E-state index is 0.430. The van der Waals surface area contributed by atoms with Crippen LogP contribution in [0.3, 0.4) is 0 Å². The van der Waals surface area contributed by atoms with Crippen molar-refractivity contribution in [3.05, 3.63) is 28.3 Å². The van der Waals surface area contributed by atoms with E-state index in [1.54, 1.807) is 11.9 Å². The number of nitrogens with one attached hydrogen (secondary N) is 1. The molecular formula is C9H11Cl2N4+. The largest absolute Gasteiger partial charge is 0.174 e. The Bertz CT molecular complexity index is 405. The van der Waals surface area contributed by atoms with Crippen LogP contribution in [0, 0.1) is 6.92 Å². The molecule has 1 aromatic rings. The van der Waals surface area contributed by atoms with E-state index in [1.165, 1.54) is 0 Å². The predicted octanol–water partition coefficient (Wildman–Crippen LogP) is 1.13. The molecule has 80 valence electrons. The molecule has 3 N–H and O–H groups in total. The zero-order chi connectivity index (χ0) is 10.8. The van der Waals surface area contributed by atoms with Crippen molar-refractivity contribution in [2.45, 2.75) is 12.8 Å². The summed E-state index contributed by atoms with van der Waals surface area (Å²) in [5.74, 6) is 0.430. The number of hydrogen-bond acceptors (Lipinski definition) is 3. The average Bonchev–Trinajstić information content (AvgIpc) is 2.75. The Labute approximate surface area is 97.8 Å². The van der Waals surface area contributed by atoms with E-state index in [2.05, 4.69) is 10.6 Å². The smallest absolute Gasteiger partial charge is 0.157 e. The minimum absolute atomic E-state index is 0.430. The van der Waals surface area contributed by atoms with Gasteiger partial charge in [0, 0.05) is 16.5 Å². The molecule has 0 bridgehead atoms. The van der Waals surface area contributed by atoms with E-state index in [0.717, 1.165) is 21.8 Å². The van der Waals surface area contributed by atoms with Crippen molar-refractivity contribution >= 4 is 35.2 Å². The first kappa shape index (κ1) is 10.5. The molecule has 1 aliphatic heterocycles. The molecule has 0 spiro atoms. The fraction of sp³-hybridized carbons (Fsp3) is 0.222. The van der Waals surface area contributed by atoms with Crippen molar-refractivity contribution in [1.82, 2.24) is 5.53 Å². The zero-order valence-electron chi connectivity index (χ0n) is 8.17. The molecule has 0 aromatic heterocycles. The van der Waals surface area contributed by atoms with Gasteiger partial charge in [0.1, 0.15) is 5.69 Å². The first-order valence-corrected chi connectivity index (χ1v) is 5.39. The van der Waals surface area contributed by atoms with Crippen LogP contribution in [0.4, 0.5) is 5.69 Å². The number of quaternary nitrogens is 1. The van der Waals surface area contributed by atoms with E-state index in [0.29, 0.717) is 5.88 Å². The Balaban J connectivity index is 2.46. The fourth-order valence-corrected chi connectivity index (χ4v) is 2.00. The van der Waals surface area contributed by atoms with Gasteiger partial charge in [0.15, 0.2) is 6.34 Å². The molecular weight excluding hydrogens is 235 g/mol. The van der Waals surface area contributed by atoms with Gasteiger partial charge in [-0.25, -0.2) is 0 Å². The second-order valence-corrected chi connectivity index (χ2v) is 3.89. The summed E-state index contributed by atoms with van der Waals surface area (Å²) in [6, 6.07) is 3.80. The zero-order valence-corrected chi connectivity index (χ0v) is 9.68. The summed E-state index contributed by atoms with van der Waals surface area (Å²) in [5, 5.41) is 6.50. The van der Waals surface area contributed by atoms with Crippen molar-refractivity contribution in [1.29, 1.82) is 0 Å². The second kappa shape index (κ2) is 4.26. The Morgan fingerprint density at radius 2 is 2.33 bits per heavy atom. The van der Waals surface area contributed by atoms with E-state index >= 15 is 0 Å². The molecule has 15 heavy (non-hydrogen) atoms. The van der Waals surface area contributed by atoms with Crippen molar-refractivity contribution in [3.8, 4) is 0 Å². The van der Waals surface area contributed by atoms with Gasteiger partial charge in [-0.05, 0) is 24.6 Å². The molecule has 0 atom stereocenters. The van der Waals surface area contributed by atoms with Crippen molar-refractivity contribution in [3.63, 3.8) is 0 Å². The standard InChI is InChI=1S/C9H10Cl2N4/c1-6-7(4-10)9(3-2-8(6)11)15-5-12-13-14-15/h2-3,5,13-14H,4H2,1H3/p+1. The lowest BCUT2D eigenvalue weighted by Gasteiger charge is -2.15. The van der Waals surface area contributed by atoms with Gasteiger partial charge in [-0.15, -0.1) is 27.8 Å². The molecule has 0 saturated heterocycles. The highest BCUT2D eigenvalue weighted by atomic mass is 35.5. The molecule has 1 aliphatic rings. The van der Waals surface area contributed by atoms with Gasteiger partial charge in [-0.3, -0.25) is 0 Å². The summed E-state index contributed by atoms with van der Waals surface area (Å²) >= 11 is 12.0. The summed E-state index contributed by atoms with van der Waals surface area (Å²) in [5.41, 5.74) is 7.55. The van der Waals surface area contributed by atoms with E-state index < -0.39 is 0 Å². The maximum absolute atomic E-state index is 6.03. The molecule has 0 fully saturated rings. The fourth-order valence-electron chi connectivity index (χ4n) is 1.48. The van der Waals surface area contributed by atoms with E-state index in [9.17, 15) is 0 Å². The van der Waals surface area contributed by atoms with Crippen LogP contribution in [-0.4, -0.2) is 6.34 Å². The lowest BCUT2D eigenvalue weighted by molar-refractivity contribution is -0.703. The van der Waals surface area contributed by atoms with E-state index in [-0.39, 0.29) is 0 Å². The number of benzene rings is 1. The van der Waals surface area contributed by atoms with Crippen LogP contribution in [0.1, 0.15) is 11.1 Å². The molecule has 0 amide bonds. The molecule has 4 nitrogen and oxygen atoms in total. The van der Waals surface area contributed by atoms with Crippen LogP contribution in [0.25, 0.3) is 0 Å². The number of hydrazone groups is 1. The Kier molecular flexibility index (Phi) is 3.00. The predicted molar refractivity (Wildman–Crippen MR) is 61.8 cm³/mol. The summed E-state index contributed by atoms with van der Waals surface area (Å²) in [6.45, 7) is 1.96. The quantitative estimate of drug-likeness (QED) is 0.607. The molecule has 6 heteroatoms. The molecule has 2 rings (SSSR count). The number of anilines is 1. The SMILES string of the molecule is Cc1c(Cl)ccc(N2C=NN[NH2+]2)c1CCl. The second-order valence-electron chi connectivity index (χ2n) is 3.21. The van der Waals surface area contributed by atoms with E-state index in [1.807, 2.05) is 24.1 Å². The average molecular weight is 246 g/mol. The monoisotopic (exact) mass is 245 g/mol. The summed E-state index contributed by atoms with van der Waals surface area (Å²) in [6.07, 6.45) is 1.69. The minimum Gasteiger partial charge on any atom is -0.157 e. The van der Waals surface area contributed by atoms with Gasteiger partial charge in [0.25, 0.3) is 0 Å². The highest BCUT2D eigenvalue weighted by Gasteiger charge is 2.17. The third kappa shape index (κ3) is 1.88. The van der Waals surface area contributed by atoms with Gasteiger partial charge in [0.2, 0.25) is 0 Å². The van der Waals surface area contributed by atoms with Crippen LogP contribution < -0.4 is 16.1 Å². The topological polar surface area (TPSA) is 44.2 Å². The number of alkyl halides is 1. The van der Waals surface area contributed by atoms with Gasteiger partial charge in [-0.1, -0.05) is 11.6 Å². The maximum Gasteiger partial charge on any atom is 0.174 e. The third-order valence-corrected chi connectivity index (χ3v) is 3.05.